The SMILES string of the molecule is C=C(C)C(CC)(COc1ccc(CNC(=O)c2ccnc(NC(=O)CC)c2)cn1)C(F)F. The Morgan fingerprint density at radius 1 is 1.22 bits per heavy atom. The van der Waals surface area contributed by atoms with Gasteiger partial charge in [-0.3, -0.25) is 9.59 Å². The lowest BCUT2D eigenvalue weighted by Gasteiger charge is -2.32. The highest BCUT2D eigenvalue weighted by molar-refractivity contribution is 5.96. The highest BCUT2D eigenvalue weighted by Gasteiger charge is 2.40. The largest absolute Gasteiger partial charge is 0.476 e. The van der Waals surface area contributed by atoms with Gasteiger partial charge in [0, 0.05) is 37.0 Å². The number of nitrogens with zero attached hydrogens (tertiary/aromatic N) is 2. The third kappa shape index (κ3) is 6.32. The maximum Gasteiger partial charge on any atom is 0.251 e. The van der Waals surface area contributed by atoms with Crippen molar-refractivity contribution < 1.29 is 23.1 Å². The predicted octanol–water partition coefficient (Wildman–Crippen LogP) is 4.37. The molecule has 0 bridgehead atoms. The van der Waals surface area contributed by atoms with E-state index in [0.29, 0.717) is 28.9 Å². The number of hydrogen-bond acceptors (Lipinski definition) is 5. The van der Waals surface area contributed by atoms with Crippen molar-refractivity contribution in [1.29, 1.82) is 0 Å². The Balaban J connectivity index is 1.94. The molecule has 0 radical (unpaired) electrons. The van der Waals surface area contributed by atoms with Gasteiger partial charge < -0.3 is 15.4 Å². The smallest absolute Gasteiger partial charge is 0.251 e. The highest BCUT2D eigenvalue weighted by atomic mass is 19.3. The Kier molecular flexibility index (Phi) is 8.80. The average Bonchev–Trinajstić information content (AvgIpc) is 2.78. The Labute approximate surface area is 186 Å². The second-order valence-corrected chi connectivity index (χ2v) is 7.40. The van der Waals surface area contributed by atoms with Gasteiger partial charge in [0.05, 0.1) is 5.41 Å². The first-order valence-corrected chi connectivity index (χ1v) is 10.3. The summed E-state index contributed by atoms with van der Waals surface area (Å²) in [6.07, 6.45) is 0.853. The quantitative estimate of drug-likeness (QED) is 0.500. The van der Waals surface area contributed by atoms with E-state index in [2.05, 4.69) is 27.2 Å². The number of carbonyl (C=O) groups excluding carboxylic acids is 2. The van der Waals surface area contributed by atoms with Crippen LogP contribution in [0, 0.1) is 5.41 Å². The number of aromatic nitrogens is 2. The van der Waals surface area contributed by atoms with Gasteiger partial charge in [0.1, 0.15) is 12.4 Å². The zero-order chi connectivity index (χ0) is 23.7. The lowest BCUT2D eigenvalue weighted by Crippen LogP contribution is -2.36. The third-order valence-corrected chi connectivity index (χ3v) is 5.24. The number of carbonyl (C=O) groups is 2. The number of alkyl halides is 2. The second-order valence-electron chi connectivity index (χ2n) is 7.40. The van der Waals surface area contributed by atoms with Crippen LogP contribution in [0.5, 0.6) is 5.88 Å². The number of amides is 2. The summed E-state index contributed by atoms with van der Waals surface area (Å²) in [6, 6.07) is 6.29. The van der Waals surface area contributed by atoms with Gasteiger partial charge in [0.2, 0.25) is 11.8 Å². The first-order valence-electron chi connectivity index (χ1n) is 10.3. The van der Waals surface area contributed by atoms with Crippen LogP contribution in [0.2, 0.25) is 0 Å². The number of rotatable bonds is 11. The summed E-state index contributed by atoms with van der Waals surface area (Å²) in [4.78, 5) is 32.0. The fraction of sp³-hybridized carbons (Fsp3) is 0.391. The minimum atomic E-state index is -2.59. The van der Waals surface area contributed by atoms with Gasteiger partial charge in [-0.25, -0.2) is 18.7 Å². The van der Waals surface area contributed by atoms with E-state index in [1.165, 1.54) is 24.5 Å². The molecule has 2 N–H and O–H groups in total. The summed E-state index contributed by atoms with van der Waals surface area (Å²) in [6.45, 7) is 8.63. The van der Waals surface area contributed by atoms with Crippen molar-refractivity contribution in [1.82, 2.24) is 15.3 Å². The Hall–Kier alpha value is -3.36. The summed E-state index contributed by atoms with van der Waals surface area (Å²) in [5.74, 6) is -0.0260. The molecule has 1 atom stereocenters. The monoisotopic (exact) mass is 446 g/mol. The van der Waals surface area contributed by atoms with Crippen molar-refractivity contribution in [2.75, 3.05) is 11.9 Å². The molecule has 2 aromatic heterocycles. The van der Waals surface area contributed by atoms with E-state index >= 15 is 0 Å². The molecule has 2 rings (SSSR count). The number of pyridine rings is 2. The van der Waals surface area contributed by atoms with E-state index in [0.717, 1.165) is 0 Å². The third-order valence-electron chi connectivity index (χ3n) is 5.24. The van der Waals surface area contributed by atoms with E-state index in [1.807, 2.05) is 0 Å². The molecule has 32 heavy (non-hydrogen) atoms. The average molecular weight is 446 g/mol. The van der Waals surface area contributed by atoms with Crippen molar-refractivity contribution in [3.8, 4) is 5.88 Å². The van der Waals surface area contributed by atoms with Crippen molar-refractivity contribution in [2.24, 2.45) is 5.41 Å². The first kappa shape index (κ1) is 24.9. The van der Waals surface area contributed by atoms with Crippen molar-refractivity contribution >= 4 is 17.6 Å². The maximum atomic E-state index is 13.6. The van der Waals surface area contributed by atoms with Crippen molar-refractivity contribution in [3.05, 3.63) is 59.9 Å². The molecule has 0 spiro atoms. The molecule has 0 fully saturated rings. The minimum absolute atomic E-state index is 0.197. The number of hydrogen-bond donors (Lipinski definition) is 2. The standard InChI is InChI=1S/C23H28F2N4O3/c1-5-19(30)29-18-11-17(9-10-26-18)21(31)28-13-16-7-8-20(27-12-16)32-14-23(6-2,15(3)4)22(24)25/h7-12,22H,3,5-6,13-14H2,1-2,4H3,(H,28,31)(H,26,29,30). The number of ether oxygens (including phenoxy) is 1. The van der Waals surface area contributed by atoms with Crippen LogP contribution >= 0.6 is 0 Å². The van der Waals surface area contributed by atoms with Gasteiger partial charge in [0.15, 0.2) is 0 Å². The van der Waals surface area contributed by atoms with Crippen molar-refractivity contribution in [2.45, 2.75) is 46.6 Å². The molecule has 2 aromatic rings. The lowest BCUT2D eigenvalue weighted by atomic mass is 9.80. The Bertz CT molecular complexity index is 951. The molecule has 0 saturated heterocycles. The van der Waals surface area contributed by atoms with E-state index < -0.39 is 11.8 Å². The summed E-state index contributed by atoms with van der Waals surface area (Å²) in [5.41, 5.74) is -0.00595. The zero-order valence-corrected chi connectivity index (χ0v) is 18.5. The minimum Gasteiger partial charge on any atom is -0.476 e. The molecule has 2 heterocycles. The van der Waals surface area contributed by atoms with Gasteiger partial charge in [-0.15, -0.1) is 0 Å². The van der Waals surface area contributed by atoms with Gasteiger partial charge >= 0.3 is 0 Å². The second kappa shape index (κ2) is 11.3. The molecule has 172 valence electrons. The summed E-state index contributed by atoms with van der Waals surface area (Å²) in [7, 11) is 0. The van der Waals surface area contributed by atoms with Crippen LogP contribution in [0.4, 0.5) is 14.6 Å². The zero-order valence-electron chi connectivity index (χ0n) is 18.5. The van der Waals surface area contributed by atoms with E-state index in [9.17, 15) is 18.4 Å². The van der Waals surface area contributed by atoms with Gasteiger partial charge in [-0.05, 0) is 31.0 Å². The molecule has 0 saturated carbocycles. The molecule has 1 unspecified atom stereocenters. The van der Waals surface area contributed by atoms with Crippen LogP contribution in [0.1, 0.15) is 49.5 Å². The fourth-order valence-electron chi connectivity index (χ4n) is 2.89. The molecule has 0 aliphatic carbocycles. The van der Waals surface area contributed by atoms with Crippen LogP contribution in [0.3, 0.4) is 0 Å². The molecule has 2 amide bonds. The van der Waals surface area contributed by atoms with Gasteiger partial charge in [0.25, 0.3) is 12.3 Å². The molecular formula is C23H28F2N4O3. The Morgan fingerprint density at radius 2 is 1.97 bits per heavy atom. The van der Waals surface area contributed by atoms with E-state index in [1.54, 1.807) is 32.9 Å². The molecule has 7 nitrogen and oxygen atoms in total. The maximum absolute atomic E-state index is 13.6. The molecule has 0 aliphatic rings. The summed E-state index contributed by atoms with van der Waals surface area (Å²) < 4.78 is 32.6. The molecule has 0 aromatic carbocycles. The first-order chi connectivity index (χ1) is 15.2. The van der Waals surface area contributed by atoms with Crippen LogP contribution in [0.15, 0.2) is 48.8 Å². The fourth-order valence-corrected chi connectivity index (χ4v) is 2.89. The number of anilines is 1. The van der Waals surface area contributed by atoms with Gasteiger partial charge in [-0.2, -0.15) is 0 Å². The Morgan fingerprint density at radius 3 is 2.53 bits per heavy atom. The highest BCUT2D eigenvalue weighted by Crippen LogP contribution is 2.37. The van der Waals surface area contributed by atoms with Gasteiger partial charge in [-0.1, -0.05) is 32.1 Å². The number of halogens is 2. The van der Waals surface area contributed by atoms with E-state index in [-0.39, 0.29) is 37.3 Å². The summed E-state index contributed by atoms with van der Waals surface area (Å²) in [5, 5.41) is 5.35. The van der Waals surface area contributed by atoms with Crippen LogP contribution in [-0.2, 0) is 11.3 Å². The van der Waals surface area contributed by atoms with E-state index in [4.69, 9.17) is 4.74 Å². The number of nitrogens with one attached hydrogen (secondary N) is 2. The van der Waals surface area contributed by atoms with Crippen LogP contribution in [0.25, 0.3) is 0 Å². The van der Waals surface area contributed by atoms with Crippen molar-refractivity contribution in [3.63, 3.8) is 0 Å². The van der Waals surface area contributed by atoms with Crippen LogP contribution in [-0.4, -0.2) is 34.8 Å². The topological polar surface area (TPSA) is 93.2 Å². The normalized spacial score (nSPS) is 12.7. The summed E-state index contributed by atoms with van der Waals surface area (Å²) >= 11 is 0. The molecule has 0 aliphatic heterocycles. The van der Waals surface area contributed by atoms with Crippen LogP contribution < -0.4 is 15.4 Å². The lowest BCUT2D eigenvalue weighted by molar-refractivity contribution is -0.115. The molecular weight excluding hydrogens is 418 g/mol. The predicted molar refractivity (Wildman–Crippen MR) is 118 cm³/mol. The molecule has 9 heteroatoms.